The van der Waals surface area contributed by atoms with Crippen molar-refractivity contribution in [3.63, 3.8) is 0 Å². The van der Waals surface area contributed by atoms with Crippen LogP contribution in [0.5, 0.6) is 0 Å². The van der Waals surface area contributed by atoms with Gasteiger partial charge in [0.25, 0.3) is 0 Å². The van der Waals surface area contributed by atoms with Gasteiger partial charge in [-0.15, -0.1) is 24.0 Å². The molecule has 2 aromatic rings. The number of aliphatic hydroxyl groups excluding tert-OH is 1. The van der Waals surface area contributed by atoms with Crippen molar-refractivity contribution in [2.75, 3.05) is 19.6 Å². The monoisotopic (exact) mass is 491 g/mol. The van der Waals surface area contributed by atoms with Crippen molar-refractivity contribution in [3.8, 4) is 0 Å². The minimum atomic E-state index is -0.763. The molecule has 2 aromatic carbocycles. The molecule has 3 N–H and O–H groups in total. The molecular formula is C19H24ClFIN3O. The highest BCUT2D eigenvalue weighted by Crippen LogP contribution is 2.22. The van der Waals surface area contributed by atoms with Gasteiger partial charge in [-0.1, -0.05) is 41.9 Å². The Labute approximate surface area is 175 Å². The fraction of sp³-hybridized carbons (Fsp3) is 0.316. The van der Waals surface area contributed by atoms with Crippen molar-refractivity contribution in [2.24, 2.45) is 4.99 Å². The summed E-state index contributed by atoms with van der Waals surface area (Å²) < 4.78 is 12.9. The maximum Gasteiger partial charge on any atom is 0.191 e. The molecule has 0 aromatic heterocycles. The van der Waals surface area contributed by atoms with Crippen molar-refractivity contribution >= 4 is 41.5 Å². The third kappa shape index (κ3) is 7.47. The predicted octanol–water partition coefficient (Wildman–Crippen LogP) is 3.93. The van der Waals surface area contributed by atoms with Crippen LogP contribution in [-0.2, 0) is 6.42 Å². The highest BCUT2D eigenvalue weighted by molar-refractivity contribution is 14.0. The summed E-state index contributed by atoms with van der Waals surface area (Å²) in [6.45, 7) is 3.54. The number of hydrogen-bond acceptors (Lipinski definition) is 2. The van der Waals surface area contributed by atoms with Gasteiger partial charge in [-0.2, -0.15) is 0 Å². The van der Waals surface area contributed by atoms with Gasteiger partial charge in [-0.25, -0.2) is 4.39 Å². The van der Waals surface area contributed by atoms with Gasteiger partial charge < -0.3 is 15.7 Å². The zero-order chi connectivity index (χ0) is 18.1. The predicted molar refractivity (Wildman–Crippen MR) is 116 cm³/mol. The Morgan fingerprint density at radius 2 is 1.85 bits per heavy atom. The third-order valence-electron chi connectivity index (χ3n) is 3.65. The van der Waals surface area contributed by atoms with Crippen LogP contribution >= 0.6 is 35.6 Å². The van der Waals surface area contributed by atoms with Crippen LogP contribution in [0.3, 0.4) is 0 Å². The first kappa shape index (κ1) is 22.7. The van der Waals surface area contributed by atoms with E-state index in [0.717, 1.165) is 12.0 Å². The number of hydrogen-bond donors (Lipinski definition) is 3. The Balaban J connectivity index is 0.00000338. The van der Waals surface area contributed by atoms with Gasteiger partial charge >= 0.3 is 0 Å². The normalized spacial score (nSPS) is 12.2. The number of aliphatic imine (C=N–C) groups is 1. The summed E-state index contributed by atoms with van der Waals surface area (Å²) in [6.07, 6.45) is -0.0149. The average Bonchev–Trinajstić information content (AvgIpc) is 2.61. The largest absolute Gasteiger partial charge is 0.386 e. The van der Waals surface area contributed by atoms with Crippen molar-refractivity contribution in [3.05, 3.63) is 70.5 Å². The molecule has 0 aliphatic heterocycles. The Kier molecular flexibility index (Phi) is 10.5. The van der Waals surface area contributed by atoms with Crippen LogP contribution in [0.25, 0.3) is 0 Å². The molecule has 0 saturated carbocycles. The van der Waals surface area contributed by atoms with Crippen LogP contribution in [0.15, 0.2) is 53.5 Å². The van der Waals surface area contributed by atoms with E-state index in [9.17, 15) is 9.50 Å². The lowest BCUT2D eigenvalue weighted by Gasteiger charge is -2.14. The molecule has 26 heavy (non-hydrogen) atoms. The highest BCUT2D eigenvalue weighted by atomic mass is 127. The Morgan fingerprint density at radius 1 is 1.15 bits per heavy atom. The Morgan fingerprint density at radius 3 is 2.50 bits per heavy atom. The first-order valence-electron chi connectivity index (χ1n) is 8.29. The van der Waals surface area contributed by atoms with Gasteiger partial charge in [0.15, 0.2) is 5.96 Å². The van der Waals surface area contributed by atoms with Crippen LogP contribution in [-0.4, -0.2) is 30.7 Å². The van der Waals surface area contributed by atoms with E-state index in [4.69, 9.17) is 11.6 Å². The van der Waals surface area contributed by atoms with Gasteiger partial charge in [-0.3, -0.25) is 4.99 Å². The number of halogens is 3. The number of rotatable bonds is 7. The molecule has 4 nitrogen and oxygen atoms in total. The molecule has 2 rings (SSSR count). The molecule has 7 heteroatoms. The quantitative estimate of drug-likeness (QED) is 0.313. The lowest BCUT2D eigenvalue weighted by atomic mass is 10.1. The van der Waals surface area contributed by atoms with Crippen LogP contribution < -0.4 is 10.6 Å². The fourth-order valence-electron chi connectivity index (χ4n) is 2.34. The van der Waals surface area contributed by atoms with Crippen LogP contribution in [0.1, 0.15) is 24.2 Å². The zero-order valence-electron chi connectivity index (χ0n) is 14.6. The van der Waals surface area contributed by atoms with E-state index >= 15 is 0 Å². The third-order valence-corrected chi connectivity index (χ3v) is 3.99. The standard InChI is InChI=1S/C19H23ClFN3O.HI/c1-2-22-19(23-12-11-14-7-9-15(21)10-8-14)24-13-18(25)16-5-3-4-6-17(16)20;/h3-10,18,25H,2,11-13H2,1H3,(H2,22,23,24);1H. The molecule has 1 atom stereocenters. The summed E-state index contributed by atoms with van der Waals surface area (Å²) in [5.74, 6) is 0.385. The lowest BCUT2D eigenvalue weighted by molar-refractivity contribution is 0.187. The van der Waals surface area contributed by atoms with Crippen molar-refractivity contribution < 1.29 is 9.50 Å². The molecule has 0 aliphatic carbocycles. The van der Waals surface area contributed by atoms with E-state index in [1.54, 1.807) is 24.3 Å². The van der Waals surface area contributed by atoms with Crippen molar-refractivity contribution in [1.82, 2.24) is 10.6 Å². The molecule has 0 fully saturated rings. The topological polar surface area (TPSA) is 56.7 Å². The van der Waals surface area contributed by atoms with E-state index in [2.05, 4.69) is 15.6 Å². The first-order chi connectivity index (χ1) is 12.1. The van der Waals surface area contributed by atoms with Gasteiger partial charge in [0.05, 0.1) is 6.54 Å². The second-order valence-corrected chi connectivity index (χ2v) is 5.97. The van der Waals surface area contributed by atoms with E-state index in [1.165, 1.54) is 12.1 Å². The van der Waals surface area contributed by atoms with Gasteiger partial charge in [0, 0.05) is 23.7 Å². The highest BCUT2D eigenvalue weighted by Gasteiger charge is 2.10. The Hall–Kier alpha value is -1.38. The second-order valence-electron chi connectivity index (χ2n) is 5.56. The smallest absolute Gasteiger partial charge is 0.191 e. The molecule has 0 bridgehead atoms. The summed E-state index contributed by atoms with van der Waals surface area (Å²) in [6, 6.07) is 13.6. The first-order valence-corrected chi connectivity index (χ1v) is 8.67. The molecule has 0 saturated heterocycles. The van der Waals surface area contributed by atoms with E-state index in [-0.39, 0.29) is 36.3 Å². The van der Waals surface area contributed by atoms with E-state index in [1.807, 2.05) is 19.1 Å². The molecule has 142 valence electrons. The van der Waals surface area contributed by atoms with Gasteiger partial charge in [0.2, 0.25) is 0 Å². The van der Waals surface area contributed by atoms with E-state index < -0.39 is 6.10 Å². The number of benzene rings is 2. The molecule has 0 radical (unpaired) electrons. The number of nitrogens with zero attached hydrogens (tertiary/aromatic N) is 1. The number of nitrogens with one attached hydrogen (secondary N) is 2. The summed E-state index contributed by atoms with van der Waals surface area (Å²) in [7, 11) is 0. The maximum atomic E-state index is 12.9. The van der Waals surface area contributed by atoms with Gasteiger partial charge in [-0.05, 0) is 37.1 Å². The minimum Gasteiger partial charge on any atom is -0.386 e. The summed E-state index contributed by atoms with van der Waals surface area (Å²) >= 11 is 6.09. The number of aliphatic hydroxyl groups is 1. The van der Waals surface area contributed by atoms with Crippen molar-refractivity contribution in [1.29, 1.82) is 0 Å². The summed E-state index contributed by atoms with van der Waals surface area (Å²) in [5, 5.41) is 17.1. The minimum absolute atomic E-state index is 0. The van der Waals surface area contributed by atoms with Crippen LogP contribution in [0.2, 0.25) is 5.02 Å². The second kappa shape index (κ2) is 12.1. The molecule has 0 heterocycles. The molecular weight excluding hydrogens is 468 g/mol. The SMILES string of the molecule is CCNC(=NCC(O)c1ccccc1Cl)NCCc1ccc(F)cc1.I. The fourth-order valence-corrected chi connectivity index (χ4v) is 2.60. The molecule has 0 amide bonds. The van der Waals surface area contributed by atoms with Crippen LogP contribution in [0.4, 0.5) is 4.39 Å². The molecule has 0 aliphatic rings. The molecule has 0 spiro atoms. The molecule has 1 unspecified atom stereocenters. The zero-order valence-corrected chi connectivity index (χ0v) is 17.7. The summed E-state index contributed by atoms with van der Waals surface area (Å²) in [4.78, 5) is 4.40. The Bertz CT molecular complexity index is 697. The maximum absolute atomic E-state index is 12.9. The number of guanidine groups is 1. The lowest BCUT2D eigenvalue weighted by Crippen LogP contribution is -2.38. The van der Waals surface area contributed by atoms with Crippen molar-refractivity contribution in [2.45, 2.75) is 19.4 Å². The van der Waals surface area contributed by atoms with E-state index in [0.29, 0.717) is 29.6 Å². The average molecular weight is 492 g/mol. The van der Waals surface area contributed by atoms with Crippen LogP contribution in [0, 0.1) is 5.82 Å². The van der Waals surface area contributed by atoms with Gasteiger partial charge in [0.1, 0.15) is 11.9 Å². The summed E-state index contributed by atoms with van der Waals surface area (Å²) in [5.41, 5.74) is 1.70.